The largest absolute Gasteiger partial charge is 0.495 e. The summed E-state index contributed by atoms with van der Waals surface area (Å²) >= 11 is 6.50. The van der Waals surface area contributed by atoms with Gasteiger partial charge >= 0.3 is 0 Å². The lowest BCUT2D eigenvalue weighted by atomic mass is 10.2. The van der Waals surface area contributed by atoms with Gasteiger partial charge in [-0.2, -0.15) is 5.10 Å². The van der Waals surface area contributed by atoms with Gasteiger partial charge < -0.3 is 25.6 Å². The number of nitrogens with two attached hydrogens (primary N) is 1. The van der Waals surface area contributed by atoms with Crippen molar-refractivity contribution in [1.82, 2.24) is 24.5 Å². The van der Waals surface area contributed by atoms with Crippen molar-refractivity contribution in [1.29, 1.82) is 0 Å². The monoisotopic (exact) mass is 478 g/mol. The normalized spacial score (nSPS) is 15.9. The second-order valence-electron chi connectivity index (χ2n) is 8.57. The summed E-state index contributed by atoms with van der Waals surface area (Å²) in [7, 11) is 5.85. The zero-order valence-corrected chi connectivity index (χ0v) is 20.1. The number of nitrogens with one attached hydrogen (secondary N) is 1. The van der Waals surface area contributed by atoms with Gasteiger partial charge in [0.15, 0.2) is 0 Å². The highest BCUT2D eigenvalue weighted by atomic mass is 35.5. The Morgan fingerprint density at radius 2 is 2.09 bits per heavy atom. The topological polar surface area (TPSA) is 96.8 Å². The van der Waals surface area contributed by atoms with E-state index in [9.17, 15) is 0 Å². The fourth-order valence-electron chi connectivity index (χ4n) is 4.36. The zero-order valence-electron chi connectivity index (χ0n) is 19.4. The van der Waals surface area contributed by atoms with E-state index in [1.165, 1.54) is 0 Å². The Bertz CT molecular complexity index is 1340. The van der Waals surface area contributed by atoms with Crippen molar-refractivity contribution in [2.24, 2.45) is 0 Å². The molecule has 0 saturated carbocycles. The second-order valence-corrected chi connectivity index (χ2v) is 8.97. The van der Waals surface area contributed by atoms with Gasteiger partial charge in [-0.1, -0.05) is 17.7 Å². The molecule has 9 nitrogen and oxygen atoms in total. The molecule has 176 valence electrons. The highest BCUT2D eigenvalue weighted by Gasteiger charge is 2.27. The van der Waals surface area contributed by atoms with Crippen molar-refractivity contribution >= 4 is 40.1 Å². The summed E-state index contributed by atoms with van der Waals surface area (Å²) < 4.78 is 7.29. The summed E-state index contributed by atoms with van der Waals surface area (Å²) in [5.41, 5.74) is 10.9. The molecule has 0 amide bonds. The molecule has 0 aliphatic carbocycles. The molecule has 34 heavy (non-hydrogen) atoms. The molecule has 4 aromatic rings. The van der Waals surface area contributed by atoms with Crippen LogP contribution in [0.5, 0.6) is 5.75 Å². The molecule has 0 bridgehead atoms. The summed E-state index contributed by atoms with van der Waals surface area (Å²) in [6.45, 7) is 1.84. The molecule has 0 unspecified atom stereocenters. The molecule has 3 N–H and O–H groups in total. The minimum Gasteiger partial charge on any atom is -0.495 e. The number of likely N-dealkylation sites (N-methyl/N-ethyl adjacent to an activating group) is 1. The average Bonchev–Trinajstić information content (AvgIpc) is 3.48. The molecule has 1 atom stereocenters. The van der Waals surface area contributed by atoms with E-state index in [4.69, 9.17) is 27.1 Å². The second kappa shape index (κ2) is 9.00. The third kappa shape index (κ3) is 4.08. The Kier molecular flexibility index (Phi) is 5.89. The first-order chi connectivity index (χ1) is 16.4. The smallest absolute Gasteiger partial charge is 0.227 e. The van der Waals surface area contributed by atoms with E-state index in [-0.39, 0.29) is 0 Å². The summed E-state index contributed by atoms with van der Waals surface area (Å²) in [5, 5.41) is 8.22. The van der Waals surface area contributed by atoms with Crippen LogP contribution < -0.4 is 20.7 Å². The zero-order chi connectivity index (χ0) is 23.8. The van der Waals surface area contributed by atoms with Crippen molar-refractivity contribution in [3.63, 3.8) is 0 Å². The maximum atomic E-state index is 6.50. The number of hydrogen-bond donors (Lipinski definition) is 2. The number of methoxy groups -OCH3 is 1. The summed E-state index contributed by atoms with van der Waals surface area (Å²) in [5.74, 6) is 1.06. The molecule has 1 saturated heterocycles. The van der Waals surface area contributed by atoms with Crippen LogP contribution >= 0.6 is 11.6 Å². The molecule has 1 aromatic carbocycles. The predicted molar refractivity (Wildman–Crippen MR) is 136 cm³/mol. The number of rotatable bonds is 6. The number of halogens is 1. The Balaban J connectivity index is 1.52. The molecule has 0 radical (unpaired) electrons. The van der Waals surface area contributed by atoms with Gasteiger partial charge in [0.1, 0.15) is 5.75 Å². The van der Waals surface area contributed by atoms with Crippen molar-refractivity contribution in [3.05, 3.63) is 53.9 Å². The molecule has 1 aliphatic rings. The Hall–Kier alpha value is -3.56. The number of aromatic nitrogens is 4. The van der Waals surface area contributed by atoms with Gasteiger partial charge in [0.2, 0.25) is 5.95 Å². The molecule has 1 aliphatic heterocycles. The van der Waals surface area contributed by atoms with Crippen LogP contribution in [0.3, 0.4) is 0 Å². The number of anilines is 4. The minimum absolute atomic E-state index is 0.420. The lowest BCUT2D eigenvalue weighted by Crippen LogP contribution is -2.31. The van der Waals surface area contributed by atoms with Crippen LogP contribution in [0, 0.1) is 0 Å². The highest BCUT2D eigenvalue weighted by molar-refractivity contribution is 6.33. The van der Waals surface area contributed by atoms with Crippen LogP contribution in [0.15, 0.2) is 48.9 Å². The van der Waals surface area contributed by atoms with Crippen molar-refractivity contribution in [2.75, 3.05) is 50.2 Å². The Morgan fingerprint density at radius 3 is 2.85 bits per heavy atom. The first kappa shape index (κ1) is 22.2. The first-order valence-corrected chi connectivity index (χ1v) is 11.4. The highest BCUT2D eigenvalue weighted by Crippen LogP contribution is 2.39. The predicted octanol–water partition coefficient (Wildman–Crippen LogP) is 3.92. The third-order valence-corrected chi connectivity index (χ3v) is 6.53. The standard InChI is InChI=1S/C24H27ClN8O/c1-31(2)15-7-9-32(14-15)21-11-22(34-3)18(26)10-19(21)29-24-27-13-17(25)23(30-24)16-12-28-33-8-5-4-6-20(16)33/h4-6,8,10-13,15H,7,9,14,26H2,1-3H3,(H,27,29,30)/t15-/m0/s1. The summed E-state index contributed by atoms with van der Waals surface area (Å²) in [6, 6.07) is 10.2. The number of ether oxygens (including phenoxy) is 1. The van der Waals surface area contributed by atoms with Crippen molar-refractivity contribution < 1.29 is 4.74 Å². The molecule has 4 heterocycles. The van der Waals surface area contributed by atoms with Gasteiger partial charge in [0, 0.05) is 37.0 Å². The third-order valence-electron chi connectivity index (χ3n) is 6.25. The number of hydrogen-bond acceptors (Lipinski definition) is 8. The fraction of sp³-hybridized carbons (Fsp3) is 0.292. The maximum Gasteiger partial charge on any atom is 0.227 e. The van der Waals surface area contributed by atoms with Crippen molar-refractivity contribution in [3.8, 4) is 17.0 Å². The Morgan fingerprint density at radius 1 is 1.24 bits per heavy atom. The maximum absolute atomic E-state index is 6.50. The van der Waals surface area contributed by atoms with E-state index in [0.29, 0.717) is 34.1 Å². The summed E-state index contributed by atoms with van der Waals surface area (Å²) in [6.07, 6.45) is 6.32. The van der Waals surface area contributed by atoms with Gasteiger partial charge in [-0.25, -0.2) is 14.5 Å². The molecule has 5 rings (SSSR count). The lowest BCUT2D eigenvalue weighted by molar-refractivity contribution is 0.315. The molecular weight excluding hydrogens is 452 g/mol. The average molecular weight is 479 g/mol. The molecule has 0 spiro atoms. The van der Waals surface area contributed by atoms with E-state index in [0.717, 1.165) is 42.0 Å². The van der Waals surface area contributed by atoms with E-state index >= 15 is 0 Å². The Labute approximate surface area is 203 Å². The van der Waals surface area contributed by atoms with Crippen LogP contribution in [0.2, 0.25) is 5.02 Å². The number of fused-ring (bicyclic) bond motifs is 1. The first-order valence-electron chi connectivity index (χ1n) is 11.1. The SMILES string of the molecule is COc1cc(N2CC[C@H](N(C)C)C2)c(Nc2ncc(Cl)c(-c3cnn4ccccc34)n2)cc1N. The van der Waals surface area contributed by atoms with Gasteiger partial charge in [0.05, 0.1) is 52.8 Å². The van der Waals surface area contributed by atoms with Crippen LogP contribution in [0.25, 0.3) is 16.8 Å². The van der Waals surface area contributed by atoms with Crippen LogP contribution in [-0.2, 0) is 0 Å². The van der Waals surface area contributed by atoms with E-state index in [2.05, 4.69) is 39.3 Å². The van der Waals surface area contributed by atoms with E-state index in [1.54, 1.807) is 24.0 Å². The van der Waals surface area contributed by atoms with Crippen molar-refractivity contribution in [2.45, 2.75) is 12.5 Å². The molecule has 3 aromatic heterocycles. The van der Waals surface area contributed by atoms with Gasteiger partial charge in [-0.3, -0.25) is 0 Å². The molecular formula is C24H27ClN8O. The summed E-state index contributed by atoms with van der Waals surface area (Å²) in [4.78, 5) is 13.8. The number of pyridine rings is 1. The van der Waals surface area contributed by atoms with Gasteiger partial charge in [-0.05, 0) is 38.7 Å². The van der Waals surface area contributed by atoms with Crippen LogP contribution in [-0.4, -0.2) is 64.8 Å². The van der Waals surface area contributed by atoms with Gasteiger partial charge in [0.25, 0.3) is 0 Å². The van der Waals surface area contributed by atoms with E-state index < -0.39 is 0 Å². The van der Waals surface area contributed by atoms with E-state index in [1.807, 2.05) is 36.5 Å². The van der Waals surface area contributed by atoms with Crippen LogP contribution in [0.1, 0.15) is 6.42 Å². The van der Waals surface area contributed by atoms with Gasteiger partial charge in [-0.15, -0.1) is 0 Å². The minimum atomic E-state index is 0.420. The number of nitrogen functional groups attached to an aromatic ring is 1. The van der Waals surface area contributed by atoms with Crippen LogP contribution in [0.4, 0.5) is 23.0 Å². The lowest BCUT2D eigenvalue weighted by Gasteiger charge is -2.25. The quantitative estimate of drug-likeness (QED) is 0.402. The number of nitrogens with zero attached hydrogens (tertiary/aromatic N) is 6. The number of benzene rings is 1. The molecule has 10 heteroatoms. The fourth-order valence-corrected chi connectivity index (χ4v) is 4.55. The molecule has 1 fully saturated rings.